The van der Waals surface area contributed by atoms with Gasteiger partial charge in [-0.15, -0.1) is 0 Å². The SMILES string of the molecule is CNS(=O)(=O)C1CCN(C(=O)c2cc3c(cc2F)NC(=O)CC3)C1. The van der Waals surface area contributed by atoms with Crippen LogP contribution >= 0.6 is 0 Å². The Kier molecular flexibility index (Phi) is 4.31. The Morgan fingerprint density at radius 1 is 1.38 bits per heavy atom. The number of anilines is 1. The van der Waals surface area contributed by atoms with Gasteiger partial charge in [-0.05, 0) is 37.6 Å². The first-order chi connectivity index (χ1) is 11.3. The molecule has 1 atom stereocenters. The van der Waals surface area contributed by atoms with Crippen molar-refractivity contribution in [2.75, 3.05) is 25.5 Å². The second-order valence-electron chi connectivity index (χ2n) is 5.95. The van der Waals surface area contributed by atoms with E-state index in [0.717, 1.165) is 6.07 Å². The standard InChI is InChI=1S/C15H18FN3O4S/c1-17-24(22,23)10-4-5-19(8-10)15(21)11-6-9-2-3-14(20)18-13(9)7-12(11)16/h6-7,10,17H,2-5,8H2,1H3,(H,18,20). The lowest BCUT2D eigenvalue weighted by atomic mass is 9.99. The Balaban J connectivity index is 1.83. The fraction of sp³-hybridized carbons (Fsp3) is 0.467. The molecule has 24 heavy (non-hydrogen) atoms. The first-order valence-electron chi connectivity index (χ1n) is 7.65. The minimum Gasteiger partial charge on any atom is -0.337 e. The van der Waals surface area contributed by atoms with Crippen LogP contribution in [-0.4, -0.2) is 50.5 Å². The molecule has 3 rings (SSSR count). The molecule has 2 amide bonds. The third kappa shape index (κ3) is 3.01. The molecule has 130 valence electrons. The summed E-state index contributed by atoms with van der Waals surface area (Å²) in [5.41, 5.74) is 1.00. The monoisotopic (exact) mass is 355 g/mol. The Hall–Kier alpha value is -2.00. The second kappa shape index (κ2) is 6.14. The molecular weight excluding hydrogens is 337 g/mol. The van der Waals surface area contributed by atoms with Gasteiger partial charge in [0.15, 0.2) is 0 Å². The number of fused-ring (bicyclic) bond motifs is 1. The van der Waals surface area contributed by atoms with Crippen molar-refractivity contribution in [3.05, 3.63) is 29.1 Å². The van der Waals surface area contributed by atoms with E-state index < -0.39 is 27.0 Å². The van der Waals surface area contributed by atoms with Crippen LogP contribution in [0.2, 0.25) is 0 Å². The van der Waals surface area contributed by atoms with E-state index in [2.05, 4.69) is 10.0 Å². The Bertz CT molecular complexity index is 809. The maximum absolute atomic E-state index is 14.3. The van der Waals surface area contributed by atoms with E-state index in [1.807, 2.05) is 0 Å². The molecule has 2 aliphatic heterocycles. The zero-order chi connectivity index (χ0) is 17.5. The number of sulfonamides is 1. The Morgan fingerprint density at radius 3 is 2.83 bits per heavy atom. The van der Waals surface area contributed by atoms with E-state index in [0.29, 0.717) is 30.5 Å². The van der Waals surface area contributed by atoms with Crippen LogP contribution in [0.3, 0.4) is 0 Å². The van der Waals surface area contributed by atoms with Gasteiger partial charge in [0, 0.05) is 25.2 Å². The van der Waals surface area contributed by atoms with Crippen LogP contribution < -0.4 is 10.0 Å². The molecule has 0 spiro atoms. The van der Waals surface area contributed by atoms with Crippen LogP contribution in [0, 0.1) is 5.82 Å². The molecule has 2 N–H and O–H groups in total. The van der Waals surface area contributed by atoms with Crippen LogP contribution in [0.5, 0.6) is 0 Å². The van der Waals surface area contributed by atoms with E-state index in [-0.39, 0.29) is 24.6 Å². The summed E-state index contributed by atoms with van der Waals surface area (Å²) in [5.74, 6) is -1.43. The van der Waals surface area contributed by atoms with Gasteiger partial charge >= 0.3 is 0 Å². The van der Waals surface area contributed by atoms with E-state index in [4.69, 9.17) is 0 Å². The Morgan fingerprint density at radius 2 is 2.12 bits per heavy atom. The van der Waals surface area contributed by atoms with Gasteiger partial charge < -0.3 is 10.2 Å². The highest BCUT2D eigenvalue weighted by Gasteiger charge is 2.35. The summed E-state index contributed by atoms with van der Waals surface area (Å²) in [6.07, 6.45) is 1.05. The number of rotatable bonds is 3. The molecule has 0 bridgehead atoms. The Labute approximate surface area is 139 Å². The molecular formula is C15H18FN3O4S. The van der Waals surface area contributed by atoms with Crippen LogP contribution in [0.1, 0.15) is 28.8 Å². The van der Waals surface area contributed by atoms with Crippen molar-refractivity contribution in [3.8, 4) is 0 Å². The van der Waals surface area contributed by atoms with E-state index in [1.54, 1.807) is 0 Å². The molecule has 0 saturated carbocycles. The number of hydrogen-bond donors (Lipinski definition) is 2. The number of amides is 2. The molecule has 0 aromatic heterocycles. The van der Waals surface area contributed by atoms with Crippen LogP contribution in [-0.2, 0) is 21.2 Å². The van der Waals surface area contributed by atoms with Gasteiger partial charge in [-0.25, -0.2) is 17.5 Å². The van der Waals surface area contributed by atoms with Gasteiger partial charge in [0.1, 0.15) is 5.82 Å². The number of aryl methyl sites for hydroxylation is 1. The molecule has 1 unspecified atom stereocenters. The molecule has 2 aliphatic rings. The van der Waals surface area contributed by atoms with Crippen LogP contribution in [0.25, 0.3) is 0 Å². The van der Waals surface area contributed by atoms with Gasteiger partial charge in [-0.2, -0.15) is 0 Å². The minimum atomic E-state index is -3.46. The molecule has 2 heterocycles. The average molecular weight is 355 g/mol. The predicted octanol–water partition coefficient (Wildman–Crippen LogP) is 0.474. The lowest BCUT2D eigenvalue weighted by Crippen LogP contribution is -2.36. The first-order valence-corrected chi connectivity index (χ1v) is 9.20. The van der Waals surface area contributed by atoms with Crippen molar-refractivity contribution in [2.24, 2.45) is 0 Å². The van der Waals surface area contributed by atoms with Gasteiger partial charge in [0.05, 0.1) is 10.8 Å². The number of carbonyl (C=O) groups is 2. The largest absolute Gasteiger partial charge is 0.337 e. The van der Waals surface area contributed by atoms with Crippen LogP contribution in [0.15, 0.2) is 12.1 Å². The molecule has 1 aromatic rings. The lowest BCUT2D eigenvalue weighted by Gasteiger charge is -2.21. The van der Waals surface area contributed by atoms with Gasteiger partial charge in [-0.1, -0.05) is 0 Å². The number of benzene rings is 1. The fourth-order valence-electron chi connectivity index (χ4n) is 3.07. The number of halogens is 1. The van der Waals surface area contributed by atoms with Gasteiger partial charge in [-0.3, -0.25) is 9.59 Å². The summed E-state index contributed by atoms with van der Waals surface area (Å²) in [6.45, 7) is 0.299. The maximum Gasteiger partial charge on any atom is 0.256 e. The van der Waals surface area contributed by atoms with Crippen molar-refractivity contribution >= 4 is 27.5 Å². The molecule has 1 aromatic carbocycles. The first kappa shape index (κ1) is 16.8. The summed E-state index contributed by atoms with van der Waals surface area (Å²) in [6, 6.07) is 2.60. The number of carbonyl (C=O) groups excluding carboxylic acids is 2. The van der Waals surface area contributed by atoms with Crippen molar-refractivity contribution in [1.82, 2.24) is 9.62 Å². The molecule has 9 heteroatoms. The quantitative estimate of drug-likeness (QED) is 0.824. The van der Waals surface area contributed by atoms with Crippen molar-refractivity contribution in [2.45, 2.75) is 24.5 Å². The number of likely N-dealkylation sites (tertiary alicyclic amines) is 1. The molecule has 0 radical (unpaired) electrons. The summed E-state index contributed by atoms with van der Waals surface area (Å²) in [4.78, 5) is 25.3. The van der Waals surface area contributed by atoms with Crippen LogP contribution in [0.4, 0.5) is 10.1 Å². The van der Waals surface area contributed by atoms with Gasteiger partial charge in [0.2, 0.25) is 15.9 Å². The number of nitrogens with zero attached hydrogens (tertiary/aromatic N) is 1. The van der Waals surface area contributed by atoms with Crippen molar-refractivity contribution < 1.29 is 22.4 Å². The molecule has 1 saturated heterocycles. The van der Waals surface area contributed by atoms with Crippen molar-refractivity contribution in [3.63, 3.8) is 0 Å². The van der Waals surface area contributed by atoms with Gasteiger partial charge in [0.25, 0.3) is 5.91 Å². The summed E-state index contributed by atoms with van der Waals surface area (Å²) in [7, 11) is -2.13. The smallest absolute Gasteiger partial charge is 0.256 e. The highest BCUT2D eigenvalue weighted by atomic mass is 32.2. The summed E-state index contributed by atoms with van der Waals surface area (Å²) < 4.78 is 40.2. The second-order valence-corrected chi connectivity index (χ2v) is 8.11. The predicted molar refractivity (Wildman–Crippen MR) is 85.6 cm³/mol. The fourth-order valence-corrected chi connectivity index (χ4v) is 4.19. The molecule has 1 fully saturated rings. The highest BCUT2D eigenvalue weighted by Crippen LogP contribution is 2.27. The third-order valence-electron chi connectivity index (χ3n) is 4.47. The van der Waals surface area contributed by atoms with Crippen molar-refractivity contribution in [1.29, 1.82) is 0 Å². The number of nitrogens with one attached hydrogen (secondary N) is 2. The zero-order valence-corrected chi connectivity index (χ0v) is 14.0. The molecule has 7 nitrogen and oxygen atoms in total. The minimum absolute atomic E-state index is 0.0370. The third-order valence-corrected chi connectivity index (χ3v) is 6.31. The van der Waals surface area contributed by atoms with E-state index >= 15 is 0 Å². The maximum atomic E-state index is 14.3. The van der Waals surface area contributed by atoms with E-state index in [9.17, 15) is 22.4 Å². The zero-order valence-electron chi connectivity index (χ0n) is 13.1. The summed E-state index contributed by atoms with van der Waals surface area (Å²) >= 11 is 0. The average Bonchev–Trinajstić information content (AvgIpc) is 3.04. The lowest BCUT2D eigenvalue weighted by molar-refractivity contribution is -0.116. The van der Waals surface area contributed by atoms with E-state index in [1.165, 1.54) is 18.0 Å². The highest BCUT2D eigenvalue weighted by molar-refractivity contribution is 7.90. The summed E-state index contributed by atoms with van der Waals surface area (Å²) in [5, 5.41) is 1.89. The topological polar surface area (TPSA) is 95.6 Å². The molecule has 0 aliphatic carbocycles. The normalized spacial score (nSPS) is 20.7. The number of hydrogen-bond acceptors (Lipinski definition) is 4.